The maximum atomic E-state index is 5.79. The zero-order valence-corrected chi connectivity index (χ0v) is 11.8. The van der Waals surface area contributed by atoms with E-state index in [4.69, 9.17) is 4.74 Å². The van der Waals surface area contributed by atoms with Gasteiger partial charge in [-0.25, -0.2) is 0 Å². The standard InChI is InChI=1S/C17H21NO/c1-13(2)19-17-7-5-4-6-16(17)18-12-15-10-8-14(3)9-11-15/h4-11,13,18H,12H2,1-3H3. The van der Waals surface area contributed by atoms with Gasteiger partial charge in [0.1, 0.15) is 5.75 Å². The van der Waals surface area contributed by atoms with Gasteiger partial charge >= 0.3 is 0 Å². The van der Waals surface area contributed by atoms with Gasteiger partial charge in [-0.1, -0.05) is 42.0 Å². The molecule has 0 radical (unpaired) electrons. The third-order valence-corrected chi connectivity index (χ3v) is 2.85. The summed E-state index contributed by atoms with van der Waals surface area (Å²) < 4.78 is 5.79. The van der Waals surface area contributed by atoms with Gasteiger partial charge in [0, 0.05) is 6.54 Å². The number of ether oxygens (including phenoxy) is 1. The van der Waals surface area contributed by atoms with E-state index in [-0.39, 0.29) is 6.10 Å². The summed E-state index contributed by atoms with van der Waals surface area (Å²) in [6.07, 6.45) is 0.183. The first-order valence-corrected chi connectivity index (χ1v) is 6.70. The van der Waals surface area contributed by atoms with Crippen LogP contribution in [0.2, 0.25) is 0 Å². The monoisotopic (exact) mass is 255 g/mol. The van der Waals surface area contributed by atoms with Crippen LogP contribution in [0.25, 0.3) is 0 Å². The van der Waals surface area contributed by atoms with Crippen molar-refractivity contribution in [3.8, 4) is 5.75 Å². The molecule has 0 spiro atoms. The van der Waals surface area contributed by atoms with E-state index in [1.807, 2.05) is 38.1 Å². The number of benzene rings is 2. The molecule has 0 saturated carbocycles. The number of para-hydroxylation sites is 2. The smallest absolute Gasteiger partial charge is 0.142 e. The highest BCUT2D eigenvalue weighted by Gasteiger charge is 2.04. The minimum Gasteiger partial charge on any atom is -0.489 e. The van der Waals surface area contributed by atoms with Crippen molar-refractivity contribution < 1.29 is 4.74 Å². The molecule has 0 atom stereocenters. The molecule has 0 amide bonds. The van der Waals surface area contributed by atoms with Crippen LogP contribution in [0.1, 0.15) is 25.0 Å². The third-order valence-electron chi connectivity index (χ3n) is 2.85. The lowest BCUT2D eigenvalue weighted by atomic mass is 10.1. The summed E-state index contributed by atoms with van der Waals surface area (Å²) in [5.74, 6) is 0.907. The molecular formula is C17H21NO. The Balaban J connectivity index is 2.04. The Kier molecular flexibility index (Phi) is 4.45. The molecule has 19 heavy (non-hydrogen) atoms. The number of rotatable bonds is 5. The Hall–Kier alpha value is -1.96. The highest BCUT2D eigenvalue weighted by molar-refractivity contribution is 5.56. The summed E-state index contributed by atoms with van der Waals surface area (Å²) in [7, 11) is 0. The van der Waals surface area contributed by atoms with E-state index in [1.165, 1.54) is 11.1 Å². The van der Waals surface area contributed by atoms with Crippen molar-refractivity contribution in [2.75, 3.05) is 5.32 Å². The minimum atomic E-state index is 0.183. The molecule has 2 aromatic carbocycles. The Morgan fingerprint density at radius 2 is 1.68 bits per heavy atom. The number of hydrogen-bond donors (Lipinski definition) is 1. The van der Waals surface area contributed by atoms with Gasteiger partial charge in [0.05, 0.1) is 11.8 Å². The molecule has 0 saturated heterocycles. The first-order valence-electron chi connectivity index (χ1n) is 6.70. The summed E-state index contributed by atoms with van der Waals surface area (Å²) in [5, 5.41) is 3.43. The maximum Gasteiger partial charge on any atom is 0.142 e. The topological polar surface area (TPSA) is 21.3 Å². The molecule has 0 aliphatic carbocycles. The molecule has 100 valence electrons. The van der Waals surface area contributed by atoms with Crippen LogP contribution in [0.4, 0.5) is 5.69 Å². The third kappa shape index (κ3) is 4.02. The van der Waals surface area contributed by atoms with Crippen molar-refractivity contribution in [3.05, 3.63) is 59.7 Å². The molecule has 0 fully saturated rings. The molecule has 2 rings (SSSR count). The van der Waals surface area contributed by atoms with Crippen LogP contribution in [-0.4, -0.2) is 6.10 Å². The molecule has 0 aliphatic rings. The lowest BCUT2D eigenvalue weighted by Crippen LogP contribution is -2.08. The van der Waals surface area contributed by atoms with Gasteiger partial charge in [-0.3, -0.25) is 0 Å². The average molecular weight is 255 g/mol. The van der Waals surface area contributed by atoms with Crippen LogP contribution in [0.3, 0.4) is 0 Å². The molecule has 0 aromatic heterocycles. The summed E-state index contributed by atoms with van der Waals surface area (Å²) in [4.78, 5) is 0. The quantitative estimate of drug-likeness (QED) is 0.855. The SMILES string of the molecule is Cc1ccc(CNc2ccccc2OC(C)C)cc1. The Bertz CT molecular complexity index is 517. The molecule has 0 heterocycles. The van der Waals surface area contributed by atoms with Crippen LogP contribution < -0.4 is 10.1 Å². The van der Waals surface area contributed by atoms with Gasteiger partial charge in [-0.2, -0.15) is 0 Å². The number of nitrogens with one attached hydrogen (secondary N) is 1. The van der Waals surface area contributed by atoms with Gasteiger partial charge in [0.2, 0.25) is 0 Å². The fourth-order valence-corrected chi connectivity index (χ4v) is 1.87. The lowest BCUT2D eigenvalue weighted by Gasteiger charge is -2.15. The minimum absolute atomic E-state index is 0.183. The number of aryl methyl sites for hydroxylation is 1. The van der Waals surface area contributed by atoms with E-state index in [2.05, 4.69) is 36.5 Å². The highest BCUT2D eigenvalue weighted by atomic mass is 16.5. The molecule has 1 N–H and O–H groups in total. The summed E-state index contributed by atoms with van der Waals surface area (Å²) in [6, 6.07) is 16.6. The Morgan fingerprint density at radius 3 is 2.37 bits per heavy atom. The maximum absolute atomic E-state index is 5.79. The van der Waals surface area contributed by atoms with E-state index in [0.717, 1.165) is 18.0 Å². The zero-order valence-electron chi connectivity index (χ0n) is 11.8. The molecule has 2 heteroatoms. The number of anilines is 1. The Morgan fingerprint density at radius 1 is 1.00 bits per heavy atom. The van der Waals surface area contributed by atoms with E-state index in [9.17, 15) is 0 Å². The van der Waals surface area contributed by atoms with E-state index < -0.39 is 0 Å². The van der Waals surface area contributed by atoms with E-state index in [1.54, 1.807) is 0 Å². The van der Waals surface area contributed by atoms with Crippen molar-refractivity contribution in [3.63, 3.8) is 0 Å². The van der Waals surface area contributed by atoms with Crippen molar-refractivity contribution in [2.45, 2.75) is 33.4 Å². The second kappa shape index (κ2) is 6.28. The van der Waals surface area contributed by atoms with Crippen LogP contribution >= 0.6 is 0 Å². The first-order chi connectivity index (χ1) is 9.15. The van der Waals surface area contributed by atoms with Crippen molar-refractivity contribution in [2.24, 2.45) is 0 Å². The molecule has 2 aromatic rings. The molecular weight excluding hydrogens is 234 g/mol. The molecule has 2 nitrogen and oxygen atoms in total. The molecule has 0 unspecified atom stereocenters. The first kappa shape index (κ1) is 13.5. The van der Waals surface area contributed by atoms with Gasteiger partial charge < -0.3 is 10.1 Å². The largest absolute Gasteiger partial charge is 0.489 e. The summed E-state index contributed by atoms with van der Waals surface area (Å²) in [6.45, 7) is 6.98. The Labute approximate surface area is 115 Å². The summed E-state index contributed by atoms with van der Waals surface area (Å²) >= 11 is 0. The van der Waals surface area contributed by atoms with Crippen LogP contribution in [-0.2, 0) is 6.54 Å². The molecule has 0 aliphatic heterocycles. The summed E-state index contributed by atoms with van der Waals surface area (Å²) in [5.41, 5.74) is 3.59. The fourth-order valence-electron chi connectivity index (χ4n) is 1.87. The van der Waals surface area contributed by atoms with Gasteiger partial charge in [0.15, 0.2) is 0 Å². The van der Waals surface area contributed by atoms with Crippen molar-refractivity contribution in [1.82, 2.24) is 0 Å². The predicted octanol–water partition coefficient (Wildman–Crippen LogP) is 4.39. The molecule has 0 bridgehead atoms. The van der Waals surface area contributed by atoms with Crippen LogP contribution in [0.15, 0.2) is 48.5 Å². The lowest BCUT2D eigenvalue weighted by molar-refractivity contribution is 0.243. The van der Waals surface area contributed by atoms with Gasteiger partial charge in [-0.05, 0) is 38.5 Å². The second-order valence-corrected chi connectivity index (χ2v) is 5.00. The van der Waals surface area contributed by atoms with Gasteiger partial charge in [-0.15, -0.1) is 0 Å². The van der Waals surface area contributed by atoms with Gasteiger partial charge in [0.25, 0.3) is 0 Å². The van der Waals surface area contributed by atoms with Crippen LogP contribution in [0, 0.1) is 6.92 Å². The predicted molar refractivity (Wildman–Crippen MR) is 80.7 cm³/mol. The van der Waals surface area contributed by atoms with Crippen molar-refractivity contribution in [1.29, 1.82) is 0 Å². The van der Waals surface area contributed by atoms with E-state index in [0.29, 0.717) is 0 Å². The second-order valence-electron chi connectivity index (χ2n) is 5.00. The number of hydrogen-bond acceptors (Lipinski definition) is 2. The van der Waals surface area contributed by atoms with Crippen LogP contribution in [0.5, 0.6) is 5.75 Å². The fraction of sp³-hybridized carbons (Fsp3) is 0.294. The average Bonchev–Trinajstić information content (AvgIpc) is 2.39. The van der Waals surface area contributed by atoms with Crippen molar-refractivity contribution >= 4 is 5.69 Å². The normalized spacial score (nSPS) is 10.5. The zero-order chi connectivity index (χ0) is 13.7. The van der Waals surface area contributed by atoms with E-state index >= 15 is 0 Å². The highest BCUT2D eigenvalue weighted by Crippen LogP contribution is 2.25.